The SMILES string of the molecule is Cc1ccc(F)c(Cl)c1CN1CCN=C(N)/C1=C\C(=N)C(=N)OC(=N)C1CCNCC1. The van der Waals surface area contributed by atoms with Crippen molar-refractivity contribution >= 4 is 34.9 Å². The van der Waals surface area contributed by atoms with Crippen LogP contribution in [0.15, 0.2) is 28.9 Å². The minimum atomic E-state index is -0.495. The lowest BCUT2D eigenvalue weighted by atomic mass is 9.98. The number of ether oxygens (including phenoxy) is 1. The number of nitrogens with one attached hydrogen (secondary N) is 4. The van der Waals surface area contributed by atoms with Crippen LogP contribution >= 0.6 is 11.6 Å². The van der Waals surface area contributed by atoms with E-state index in [9.17, 15) is 4.39 Å². The van der Waals surface area contributed by atoms with Crippen LogP contribution in [-0.2, 0) is 11.3 Å². The van der Waals surface area contributed by atoms with Crippen molar-refractivity contribution in [1.29, 1.82) is 16.2 Å². The van der Waals surface area contributed by atoms with Crippen molar-refractivity contribution in [2.75, 3.05) is 26.2 Å². The van der Waals surface area contributed by atoms with E-state index in [1.807, 2.05) is 11.8 Å². The highest BCUT2D eigenvalue weighted by Gasteiger charge is 2.24. The Bertz CT molecular complexity index is 953. The number of benzene rings is 1. The Morgan fingerprint density at radius 2 is 2.06 bits per heavy atom. The number of hydrogen-bond donors (Lipinski definition) is 5. The third-order valence-corrected chi connectivity index (χ3v) is 5.89. The molecular formula is C21H27ClFN7O. The molecule has 3 rings (SSSR count). The number of nitrogens with zero attached hydrogens (tertiary/aromatic N) is 2. The second kappa shape index (κ2) is 10.0. The summed E-state index contributed by atoms with van der Waals surface area (Å²) in [5, 5.41) is 27.7. The first-order chi connectivity index (χ1) is 14.8. The maximum Gasteiger partial charge on any atom is 0.238 e. The predicted molar refractivity (Wildman–Crippen MR) is 121 cm³/mol. The molecule has 31 heavy (non-hydrogen) atoms. The molecule has 0 radical (unpaired) electrons. The highest BCUT2D eigenvalue weighted by atomic mass is 35.5. The van der Waals surface area contributed by atoms with Gasteiger partial charge in [0.05, 0.1) is 17.3 Å². The Hall–Kier alpha value is -2.78. The predicted octanol–water partition coefficient (Wildman–Crippen LogP) is 2.83. The summed E-state index contributed by atoms with van der Waals surface area (Å²) >= 11 is 6.18. The number of piperidine rings is 1. The number of aryl methyl sites for hydroxylation is 1. The summed E-state index contributed by atoms with van der Waals surface area (Å²) in [7, 11) is 0. The summed E-state index contributed by atoms with van der Waals surface area (Å²) in [5.41, 5.74) is 7.77. The van der Waals surface area contributed by atoms with Crippen LogP contribution in [0.3, 0.4) is 0 Å². The first-order valence-electron chi connectivity index (χ1n) is 10.1. The maximum absolute atomic E-state index is 14.0. The van der Waals surface area contributed by atoms with Gasteiger partial charge in [0.25, 0.3) is 0 Å². The zero-order valence-electron chi connectivity index (χ0n) is 17.4. The average molecular weight is 448 g/mol. The van der Waals surface area contributed by atoms with Gasteiger partial charge in [-0.05, 0) is 56.1 Å². The van der Waals surface area contributed by atoms with Crippen molar-refractivity contribution in [2.24, 2.45) is 16.6 Å². The zero-order valence-corrected chi connectivity index (χ0v) is 18.2. The lowest BCUT2D eigenvalue weighted by molar-refractivity contribution is 0.352. The van der Waals surface area contributed by atoms with E-state index in [2.05, 4.69) is 10.3 Å². The Labute approximate surface area is 185 Å². The van der Waals surface area contributed by atoms with Gasteiger partial charge in [-0.3, -0.25) is 21.2 Å². The van der Waals surface area contributed by atoms with Gasteiger partial charge in [-0.1, -0.05) is 17.7 Å². The van der Waals surface area contributed by atoms with E-state index in [4.69, 9.17) is 38.3 Å². The van der Waals surface area contributed by atoms with Gasteiger partial charge in [0, 0.05) is 19.0 Å². The van der Waals surface area contributed by atoms with Gasteiger partial charge in [0.2, 0.25) is 5.90 Å². The van der Waals surface area contributed by atoms with Gasteiger partial charge in [-0.25, -0.2) is 4.39 Å². The molecule has 8 nitrogen and oxygen atoms in total. The number of nitrogens with two attached hydrogens (primary N) is 1. The second-order valence-electron chi connectivity index (χ2n) is 7.61. The first-order valence-corrected chi connectivity index (χ1v) is 10.5. The summed E-state index contributed by atoms with van der Waals surface area (Å²) in [5.74, 6) is -0.751. The molecule has 1 fully saturated rings. The molecule has 1 aromatic carbocycles. The van der Waals surface area contributed by atoms with Gasteiger partial charge >= 0.3 is 0 Å². The molecule has 6 N–H and O–H groups in total. The van der Waals surface area contributed by atoms with E-state index in [1.54, 1.807) is 6.07 Å². The van der Waals surface area contributed by atoms with Crippen molar-refractivity contribution in [2.45, 2.75) is 26.3 Å². The van der Waals surface area contributed by atoms with Crippen LogP contribution in [0.2, 0.25) is 5.02 Å². The maximum atomic E-state index is 14.0. The summed E-state index contributed by atoms with van der Waals surface area (Å²) < 4.78 is 19.3. The number of aliphatic imine (C=N–C) groups is 1. The smallest absolute Gasteiger partial charge is 0.238 e. The van der Waals surface area contributed by atoms with Crippen molar-refractivity contribution < 1.29 is 9.13 Å². The highest BCUT2D eigenvalue weighted by Crippen LogP contribution is 2.26. The molecule has 0 aliphatic carbocycles. The van der Waals surface area contributed by atoms with Crippen molar-refractivity contribution in [3.05, 3.63) is 45.9 Å². The second-order valence-corrected chi connectivity index (χ2v) is 7.99. The Morgan fingerprint density at radius 3 is 2.77 bits per heavy atom. The molecule has 10 heteroatoms. The van der Waals surface area contributed by atoms with Crippen LogP contribution in [0, 0.1) is 34.9 Å². The Balaban J connectivity index is 1.76. The standard InChI is InChI=1S/C21H27ClFN7O/c1-12-2-3-15(23)18(22)14(12)11-30-9-8-29-19(25)17(30)10-16(24)21(27)31-20(26)13-4-6-28-7-5-13/h2-3,10,13,24,26-28H,4-9,11H2,1H3,(H2,25,29)/b17-10+,24-16?,26-20?,27-21?. The largest absolute Gasteiger partial charge is 0.423 e. The van der Waals surface area contributed by atoms with Gasteiger partial charge < -0.3 is 20.7 Å². The molecule has 0 aromatic heterocycles. The van der Waals surface area contributed by atoms with Gasteiger partial charge in [0.1, 0.15) is 17.4 Å². The lowest BCUT2D eigenvalue weighted by Gasteiger charge is -2.31. The van der Waals surface area contributed by atoms with E-state index >= 15 is 0 Å². The van der Waals surface area contributed by atoms with Crippen LogP contribution < -0.4 is 11.1 Å². The van der Waals surface area contributed by atoms with Crippen molar-refractivity contribution in [1.82, 2.24) is 10.2 Å². The lowest BCUT2D eigenvalue weighted by Crippen LogP contribution is -2.38. The van der Waals surface area contributed by atoms with Crippen LogP contribution in [0.5, 0.6) is 0 Å². The van der Waals surface area contributed by atoms with Crippen molar-refractivity contribution in [3.63, 3.8) is 0 Å². The molecule has 166 valence electrons. The molecule has 2 aliphatic rings. The van der Waals surface area contributed by atoms with Gasteiger partial charge in [-0.15, -0.1) is 0 Å². The Kier molecular flexibility index (Phi) is 7.40. The van der Waals surface area contributed by atoms with Crippen LogP contribution in [0.4, 0.5) is 4.39 Å². The third-order valence-electron chi connectivity index (χ3n) is 5.48. The van der Waals surface area contributed by atoms with Crippen molar-refractivity contribution in [3.8, 4) is 0 Å². The number of halogens is 2. The first kappa shape index (κ1) is 22.9. The third kappa shape index (κ3) is 5.48. The average Bonchev–Trinajstić information content (AvgIpc) is 2.76. The molecule has 1 aromatic rings. The highest BCUT2D eigenvalue weighted by molar-refractivity contribution is 6.43. The minimum Gasteiger partial charge on any atom is -0.423 e. The molecule has 0 bridgehead atoms. The van der Waals surface area contributed by atoms with E-state index < -0.39 is 11.7 Å². The number of rotatable bonds is 5. The fourth-order valence-electron chi connectivity index (χ4n) is 3.59. The Morgan fingerprint density at radius 1 is 1.35 bits per heavy atom. The molecule has 0 unspecified atom stereocenters. The molecule has 0 spiro atoms. The number of amidine groups is 1. The normalized spacial score (nSPS) is 18.6. The molecule has 0 saturated carbocycles. The summed E-state index contributed by atoms with van der Waals surface area (Å²) in [4.78, 5) is 6.09. The summed E-state index contributed by atoms with van der Waals surface area (Å²) in [6.07, 6.45) is 2.93. The zero-order chi connectivity index (χ0) is 22.5. The van der Waals surface area contributed by atoms with Crippen LogP contribution in [-0.4, -0.2) is 54.4 Å². The monoisotopic (exact) mass is 447 g/mol. The fourth-order valence-corrected chi connectivity index (χ4v) is 3.86. The van der Waals surface area contributed by atoms with Crippen LogP contribution in [0.25, 0.3) is 0 Å². The van der Waals surface area contributed by atoms with Gasteiger partial charge in [0.15, 0.2) is 5.90 Å². The van der Waals surface area contributed by atoms with E-state index in [0.717, 1.165) is 31.5 Å². The van der Waals surface area contributed by atoms with Gasteiger partial charge in [-0.2, -0.15) is 0 Å². The molecule has 0 amide bonds. The topological polar surface area (TPSA) is 134 Å². The van der Waals surface area contributed by atoms with E-state index in [1.165, 1.54) is 12.1 Å². The molecule has 1 saturated heterocycles. The molecule has 0 atom stereocenters. The fraction of sp³-hybridized carbons (Fsp3) is 0.429. The molecule has 2 aliphatic heterocycles. The molecule has 2 heterocycles. The quantitative estimate of drug-likeness (QED) is 0.350. The summed E-state index contributed by atoms with van der Waals surface area (Å²) in [6.45, 7) is 4.70. The van der Waals surface area contributed by atoms with E-state index in [0.29, 0.717) is 24.4 Å². The number of hydrogen-bond acceptors (Lipinski definition) is 8. The molecular weight excluding hydrogens is 421 g/mol. The summed E-state index contributed by atoms with van der Waals surface area (Å²) in [6, 6.07) is 2.99. The van der Waals surface area contributed by atoms with Crippen LogP contribution in [0.1, 0.15) is 24.0 Å². The van der Waals surface area contributed by atoms with E-state index in [-0.39, 0.29) is 34.9 Å². The minimum absolute atomic E-state index is 0.000966.